The van der Waals surface area contributed by atoms with Gasteiger partial charge in [0.1, 0.15) is 11.5 Å². The number of nitrogens with one attached hydrogen (secondary N) is 1. The van der Waals surface area contributed by atoms with Crippen LogP contribution in [0, 0.1) is 6.92 Å². The molecule has 1 N–H and O–H groups in total. The molecule has 2 rings (SSSR count). The molecule has 0 saturated carbocycles. The molecule has 0 radical (unpaired) electrons. The third kappa shape index (κ3) is 4.49. The molecule has 0 saturated heterocycles. The Morgan fingerprint density at radius 3 is 2.67 bits per heavy atom. The largest absolute Gasteiger partial charge is 0.497 e. The van der Waals surface area contributed by atoms with Crippen molar-refractivity contribution < 1.29 is 14.3 Å². The van der Waals surface area contributed by atoms with Crippen LogP contribution < -0.4 is 14.8 Å². The summed E-state index contributed by atoms with van der Waals surface area (Å²) in [5, 5.41) is 2.78. The summed E-state index contributed by atoms with van der Waals surface area (Å²) in [6.07, 6.45) is 0. The number of methoxy groups -OCH3 is 1. The van der Waals surface area contributed by atoms with Gasteiger partial charge < -0.3 is 14.8 Å². The lowest BCUT2D eigenvalue weighted by Crippen LogP contribution is -2.20. The average Bonchev–Trinajstić information content (AvgIpc) is 2.49. The second kappa shape index (κ2) is 7.13. The predicted molar refractivity (Wildman–Crippen MR) is 86.0 cm³/mol. The molecule has 21 heavy (non-hydrogen) atoms. The smallest absolute Gasteiger partial charge is 0.262 e. The lowest BCUT2D eigenvalue weighted by Gasteiger charge is -2.09. The lowest BCUT2D eigenvalue weighted by molar-refractivity contribution is -0.118. The van der Waals surface area contributed by atoms with Gasteiger partial charge >= 0.3 is 0 Å². The van der Waals surface area contributed by atoms with Gasteiger partial charge in [0.05, 0.1) is 7.11 Å². The van der Waals surface area contributed by atoms with Crippen LogP contribution in [0.25, 0.3) is 0 Å². The molecular weight excluding hydrogens is 334 g/mol. The van der Waals surface area contributed by atoms with E-state index in [4.69, 9.17) is 9.47 Å². The van der Waals surface area contributed by atoms with Crippen LogP contribution >= 0.6 is 15.9 Å². The van der Waals surface area contributed by atoms with E-state index in [0.717, 1.165) is 15.7 Å². The molecule has 0 aliphatic carbocycles. The van der Waals surface area contributed by atoms with Gasteiger partial charge in [0.15, 0.2) is 6.61 Å². The van der Waals surface area contributed by atoms with E-state index in [1.807, 2.05) is 37.3 Å². The summed E-state index contributed by atoms with van der Waals surface area (Å²) in [6.45, 7) is 1.93. The number of carbonyl (C=O) groups is 1. The highest BCUT2D eigenvalue weighted by molar-refractivity contribution is 9.10. The monoisotopic (exact) mass is 349 g/mol. The number of benzene rings is 2. The van der Waals surface area contributed by atoms with Crippen LogP contribution in [0.15, 0.2) is 46.9 Å². The molecule has 110 valence electrons. The summed E-state index contributed by atoms with van der Waals surface area (Å²) in [7, 11) is 1.58. The van der Waals surface area contributed by atoms with Gasteiger partial charge in [-0.1, -0.05) is 28.1 Å². The summed E-state index contributed by atoms with van der Waals surface area (Å²) in [5.74, 6) is 1.07. The van der Waals surface area contributed by atoms with E-state index in [0.29, 0.717) is 11.5 Å². The van der Waals surface area contributed by atoms with E-state index in [1.54, 1.807) is 19.2 Å². The first kappa shape index (κ1) is 15.4. The molecule has 0 heterocycles. The standard InChI is InChI=1S/C16H16BrNO3/c1-11-6-7-12(8-15(11)17)18-16(19)10-21-14-5-3-4-13(9-14)20-2/h3-9H,10H2,1-2H3,(H,18,19). The Hall–Kier alpha value is -2.01. The summed E-state index contributed by atoms with van der Waals surface area (Å²) in [6, 6.07) is 12.8. The third-order valence-electron chi connectivity index (χ3n) is 2.87. The SMILES string of the molecule is COc1cccc(OCC(=O)Nc2ccc(C)c(Br)c2)c1. The van der Waals surface area contributed by atoms with Crippen LogP contribution in [0.4, 0.5) is 5.69 Å². The number of aryl methyl sites for hydroxylation is 1. The maximum atomic E-state index is 11.9. The minimum absolute atomic E-state index is 0.0569. The third-order valence-corrected chi connectivity index (χ3v) is 3.72. The Morgan fingerprint density at radius 1 is 1.19 bits per heavy atom. The molecule has 5 heteroatoms. The van der Waals surface area contributed by atoms with E-state index in [9.17, 15) is 4.79 Å². The Morgan fingerprint density at radius 2 is 1.95 bits per heavy atom. The lowest BCUT2D eigenvalue weighted by atomic mass is 10.2. The van der Waals surface area contributed by atoms with Gasteiger partial charge in [-0.2, -0.15) is 0 Å². The number of ether oxygens (including phenoxy) is 2. The van der Waals surface area contributed by atoms with E-state index < -0.39 is 0 Å². The highest BCUT2D eigenvalue weighted by atomic mass is 79.9. The number of rotatable bonds is 5. The molecule has 0 bridgehead atoms. The fourth-order valence-electron chi connectivity index (χ4n) is 1.71. The van der Waals surface area contributed by atoms with E-state index in [-0.39, 0.29) is 12.5 Å². The Kier molecular flexibility index (Phi) is 5.22. The van der Waals surface area contributed by atoms with Crippen molar-refractivity contribution in [1.82, 2.24) is 0 Å². The van der Waals surface area contributed by atoms with E-state index in [2.05, 4.69) is 21.2 Å². The number of halogens is 1. The minimum Gasteiger partial charge on any atom is -0.497 e. The van der Waals surface area contributed by atoms with Crippen molar-refractivity contribution >= 4 is 27.5 Å². The second-order valence-corrected chi connectivity index (χ2v) is 5.33. The van der Waals surface area contributed by atoms with E-state index in [1.165, 1.54) is 0 Å². The van der Waals surface area contributed by atoms with Crippen molar-refractivity contribution in [3.8, 4) is 11.5 Å². The van der Waals surface area contributed by atoms with Gasteiger partial charge in [-0.15, -0.1) is 0 Å². The first-order valence-corrected chi connectivity index (χ1v) is 7.20. The molecule has 0 aromatic heterocycles. The van der Waals surface area contributed by atoms with Crippen LogP contribution in [-0.2, 0) is 4.79 Å². The molecule has 2 aromatic rings. The quantitative estimate of drug-likeness (QED) is 0.893. The number of amides is 1. The first-order valence-electron chi connectivity index (χ1n) is 6.41. The van der Waals surface area contributed by atoms with E-state index >= 15 is 0 Å². The number of hydrogen-bond acceptors (Lipinski definition) is 3. The number of carbonyl (C=O) groups excluding carboxylic acids is 1. The van der Waals surface area contributed by atoms with Crippen LogP contribution in [-0.4, -0.2) is 19.6 Å². The molecule has 0 spiro atoms. The van der Waals surface area contributed by atoms with Crippen molar-refractivity contribution in [3.63, 3.8) is 0 Å². The molecule has 4 nitrogen and oxygen atoms in total. The maximum absolute atomic E-state index is 11.9. The van der Waals surface area contributed by atoms with Crippen molar-refractivity contribution in [2.24, 2.45) is 0 Å². The Labute approximate surface area is 132 Å². The normalized spacial score (nSPS) is 10.0. The van der Waals surface area contributed by atoms with Crippen molar-refractivity contribution in [1.29, 1.82) is 0 Å². The van der Waals surface area contributed by atoms with Crippen molar-refractivity contribution in [2.75, 3.05) is 19.0 Å². The number of hydrogen-bond donors (Lipinski definition) is 1. The summed E-state index contributed by atoms with van der Waals surface area (Å²) >= 11 is 3.43. The Bertz CT molecular complexity index is 643. The predicted octanol–water partition coefficient (Wildman–Crippen LogP) is 3.78. The highest BCUT2D eigenvalue weighted by Crippen LogP contribution is 2.21. The second-order valence-electron chi connectivity index (χ2n) is 4.48. The molecule has 1 amide bonds. The first-order chi connectivity index (χ1) is 10.1. The molecular formula is C16H16BrNO3. The zero-order valence-corrected chi connectivity index (χ0v) is 13.4. The van der Waals surface area contributed by atoms with Gasteiger partial charge in [0, 0.05) is 16.2 Å². The van der Waals surface area contributed by atoms with Crippen LogP contribution in [0.3, 0.4) is 0 Å². The van der Waals surface area contributed by atoms with Gasteiger partial charge in [-0.25, -0.2) is 0 Å². The van der Waals surface area contributed by atoms with Crippen molar-refractivity contribution in [2.45, 2.75) is 6.92 Å². The molecule has 2 aromatic carbocycles. The minimum atomic E-state index is -0.214. The van der Waals surface area contributed by atoms with Gasteiger partial charge in [-0.05, 0) is 36.8 Å². The molecule has 0 atom stereocenters. The van der Waals surface area contributed by atoms with Gasteiger partial charge in [-0.3, -0.25) is 4.79 Å². The van der Waals surface area contributed by atoms with Crippen LogP contribution in [0.5, 0.6) is 11.5 Å². The highest BCUT2D eigenvalue weighted by Gasteiger charge is 2.05. The van der Waals surface area contributed by atoms with Crippen LogP contribution in [0.1, 0.15) is 5.56 Å². The fourth-order valence-corrected chi connectivity index (χ4v) is 2.09. The van der Waals surface area contributed by atoms with Gasteiger partial charge in [0.2, 0.25) is 0 Å². The fraction of sp³-hybridized carbons (Fsp3) is 0.188. The van der Waals surface area contributed by atoms with Gasteiger partial charge in [0.25, 0.3) is 5.91 Å². The molecule has 0 fully saturated rings. The maximum Gasteiger partial charge on any atom is 0.262 e. The zero-order chi connectivity index (χ0) is 15.2. The summed E-state index contributed by atoms with van der Waals surface area (Å²) in [4.78, 5) is 11.9. The average molecular weight is 350 g/mol. The van der Waals surface area contributed by atoms with Crippen molar-refractivity contribution in [3.05, 3.63) is 52.5 Å². The Balaban J connectivity index is 1.91. The summed E-state index contributed by atoms with van der Waals surface area (Å²) in [5.41, 5.74) is 1.84. The molecule has 0 aliphatic rings. The molecule has 0 unspecified atom stereocenters. The number of anilines is 1. The van der Waals surface area contributed by atoms with Crippen LogP contribution in [0.2, 0.25) is 0 Å². The molecule has 0 aliphatic heterocycles. The topological polar surface area (TPSA) is 47.6 Å². The summed E-state index contributed by atoms with van der Waals surface area (Å²) < 4.78 is 11.5. The zero-order valence-electron chi connectivity index (χ0n) is 11.9.